The summed E-state index contributed by atoms with van der Waals surface area (Å²) in [6.07, 6.45) is 4.12. The lowest BCUT2D eigenvalue weighted by Gasteiger charge is -2.38. The Morgan fingerprint density at radius 1 is 0.495 bits per heavy atom. The van der Waals surface area contributed by atoms with E-state index in [0.29, 0.717) is 44.9 Å². The minimum Gasteiger partial charge on any atom is -0.351 e. The van der Waals surface area contributed by atoms with Crippen molar-refractivity contribution in [3.05, 3.63) is 0 Å². The number of halogens is 4. The van der Waals surface area contributed by atoms with Gasteiger partial charge in [0.25, 0.3) is 0 Å². The van der Waals surface area contributed by atoms with Crippen LogP contribution in [-0.2, 0) is 52.7 Å². The van der Waals surface area contributed by atoms with Gasteiger partial charge in [-0.3, -0.25) is 52.7 Å². The number of alkyl halides is 4. The summed E-state index contributed by atoms with van der Waals surface area (Å²) < 4.78 is 42.4. The van der Waals surface area contributed by atoms with Gasteiger partial charge in [0.05, 0.1) is 25.6 Å². The van der Waals surface area contributed by atoms with Crippen molar-refractivity contribution in [2.45, 2.75) is 250 Å². The highest BCUT2D eigenvalue weighted by molar-refractivity contribution is 6.20. The Hall–Kier alpha value is -5.75. The Morgan fingerprint density at radius 2 is 1.04 bits per heavy atom. The van der Waals surface area contributed by atoms with Crippen LogP contribution in [0.15, 0.2) is 0 Å². The maximum absolute atomic E-state index is 15.3. The van der Waals surface area contributed by atoms with Gasteiger partial charge in [0.1, 0.15) is 42.3 Å². The summed E-state index contributed by atoms with van der Waals surface area (Å²) in [6, 6.07) is -9.07. The Balaban J connectivity index is 1.83. The van der Waals surface area contributed by atoms with Crippen LogP contribution in [0.3, 0.4) is 0 Å². The Bertz CT molecular complexity index is 2550. The molecule has 11 amide bonds. The molecular weight excluding hydrogens is 1230 g/mol. The number of nitrogens with one attached hydrogen (secondary N) is 4. The van der Waals surface area contributed by atoms with Crippen LogP contribution in [-0.4, -0.2) is 228 Å². The zero-order valence-corrected chi connectivity index (χ0v) is 59.1. The molecule has 1 saturated heterocycles. The van der Waals surface area contributed by atoms with Crippen LogP contribution in [0.4, 0.5) is 13.2 Å². The van der Waals surface area contributed by atoms with Gasteiger partial charge in [0.2, 0.25) is 65.0 Å². The zero-order chi connectivity index (χ0) is 69.9. The normalized spacial score (nSPS) is 30.0. The van der Waals surface area contributed by atoms with Crippen LogP contribution in [0, 0.1) is 41.4 Å². The molecule has 1 aliphatic heterocycles. The van der Waals surface area contributed by atoms with E-state index in [9.17, 15) is 56.3 Å². The van der Waals surface area contributed by atoms with Crippen molar-refractivity contribution in [1.82, 2.24) is 55.6 Å². The Morgan fingerprint density at radius 3 is 1.62 bits per heavy atom. The van der Waals surface area contributed by atoms with Crippen LogP contribution in [0.2, 0.25) is 0 Å². The summed E-state index contributed by atoms with van der Waals surface area (Å²) in [4.78, 5) is 168. The second kappa shape index (κ2) is 36.9. The summed E-state index contributed by atoms with van der Waals surface area (Å²) in [5, 5.41) is 11.3. The van der Waals surface area contributed by atoms with Crippen LogP contribution >= 0.6 is 11.6 Å². The summed E-state index contributed by atoms with van der Waals surface area (Å²) in [6.45, 7) is 12.5. The molecule has 4 rings (SSSR count). The van der Waals surface area contributed by atoms with Gasteiger partial charge in [-0.05, 0) is 126 Å². The summed E-state index contributed by atoms with van der Waals surface area (Å²) >= 11 is 6.49. The van der Waals surface area contributed by atoms with Gasteiger partial charge in [0, 0.05) is 67.2 Å². The lowest BCUT2D eigenvalue weighted by molar-refractivity contribution is -0.186. The molecule has 0 aromatic carbocycles. The average molecular weight is 1340 g/mol. The van der Waals surface area contributed by atoms with E-state index in [1.807, 2.05) is 34.6 Å². The van der Waals surface area contributed by atoms with Gasteiger partial charge >= 0.3 is 6.18 Å². The first-order chi connectivity index (χ1) is 43.4. The minimum atomic E-state index is -4.42. The number of likely N-dealkylation sites (N-methyl/N-ethyl adjacent to an activating group) is 7. The van der Waals surface area contributed by atoms with Gasteiger partial charge < -0.3 is 55.6 Å². The zero-order valence-electron chi connectivity index (χ0n) is 58.3. The van der Waals surface area contributed by atoms with Crippen molar-refractivity contribution >= 4 is 76.6 Å². The van der Waals surface area contributed by atoms with E-state index in [0.717, 1.165) is 46.8 Å². The number of hydrogen-bond acceptors (Lipinski definition) is 11. The molecule has 26 heteroatoms. The molecular formula is C67H113ClF3N11O11. The van der Waals surface area contributed by atoms with Crippen LogP contribution < -0.4 is 21.3 Å². The number of carbonyl (C=O) groups excluding carboxylic acids is 11. The molecule has 4 aliphatic rings. The van der Waals surface area contributed by atoms with Gasteiger partial charge in [-0.1, -0.05) is 92.9 Å². The van der Waals surface area contributed by atoms with E-state index in [2.05, 4.69) is 21.3 Å². The topological polar surface area (TPSA) is 259 Å². The smallest absolute Gasteiger partial charge is 0.351 e. The maximum Gasteiger partial charge on any atom is 0.391 e. The third kappa shape index (κ3) is 24.1. The highest BCUT2D eigenvalue weighted by Crippen LogP contribution is 2.42. The third-order valence-electron chi connectivity index (χ3n) is 20.1. The number of amides is 11. The van der Waals surface area contributed by atoms with Crippen LogP contribution in [0.5, 0.6) is 0 Å². The first kappa shape index (κ1) is 79.7. The summed E-state index contributed by atoms with van der Waals surface area (Å²) in [5.74, 6) is -9.77. The molecule has 2 unspecified atom stereocenters. The van der Waals surface area contributed by atoms with Crippen molar-refractivity contribution in [2.24, 2.45) is 41.4 Å². The van der Waals surface area contributed by atoms with Crippen molar-refractivity contribution in [2.75, 3.05) is 69.0 Å². The SMILES string of the molecule is CC[C@H](C)[C@@H]1NC(=O)[C@H](C)N(C)C(=O)C[C@@H](C)NC(=O)[C@H](CC(C)C)N(C)C(=O)[C@H](CC2CCCCC2)N(C)C(=O)[C@H](CC(C)C)NC(=O)[C@H](CCC2CCCC(C(F)(F)F)C2)NC(=O)CN(C)C(=O)[C@H](CC2CCC(Cl)CC2)N(C)C(=O)CN(C)C(=O)CN(C)C1=O. The molecule has 0 spiro atoms. The molecule has 4 fully saturated rings. The van der Waals surface area contributed by atoms with Gasteiger partial charge in [-0.2, -0.15) is 13.2 Å². The Kier molecular flexibility index (Phi) is 31.7. The first-order valence-corrected chi connectivity index (χ1v) is 34.6. The average Bonchev–Trinajstić information content (AvgIpc) is 1.35. The fourth-order valence-corrected chi connectivity index (χ4v) is 13.8. The fraction of sp³-hybridized carbons (Fsp3) is 0.836. The van der Waals surface area contributed by atoms with Crippen LogP contribution in [0.1, 0.15) is 190 Å². The number of rotatable bonds is 13. The van der Waals surface area contributed by atoms with E-state index >= 15 is 9.59 Å². The molecule has 11 atom stereocenters. The number of nitrogens with zero attached hydrogens (tertiary/aromatic N) is 7. The second-order valence-corrected chi connectivity index (χ2v) is 29.3. The first-order valence-electron chi connectivity index (χ1n) is 34.1. The molecule has 3 saturated carbocycles. The van der Waals surface area contributed by atoms with Crippen molar-refractivity contribution in [3.63, 3.8) is 0 Å². The van der Waals surface area contributed by atoms with E-state index in [1.54, 1.807) is 13.8 Å². The summed E-state index contributed by atoms with van der Waals surface area (Å²) in [7, 11) is 9.99. The largest absolute Gasteiger partial charge is 0.391 e. The Labute approximate surface area is 556 Å². The summed E-state index contributed by atoms with van der Waals surface area (Å²) in [5.41, 5.74) is 0. The molecule has 1 heterocycles. The molecule has 0 aromatic heterocycles. The van der Waals surface area contributed by atoms with Crippen molar-refractivity contribution < 1.29 is 65.9 Å². The van der Waals surface area contributed by atoms with Gasteiger partial charge in [0.15, 0.2) is 0 Å². The van der Waals surface area contributed by atoms with Crippen molar-refractivity contribution in [1.29, 1.82) is 0 Å². The molecule has 93 heavy (non-hydrogen) atoms. The second-order valence-electron chi connectivity index (χ2n) is 28.6. The lowest BCUT2D eigenvalue weighted by Crippen LogP contribution is -2.60. The van der Waals surface area contributed by atoms with Gasteiger partial charge in [-0.25, -0.2) is 0 Å². The van der Waals surface area contributed by atoms with Crippen molar-refractivity contribution in [3.8, 4) is 0 Å². The van der Waals surface area contributed by atoms with Crippen LogP contribution in [0.25, 0.3) is 0 Å². The maximum atomic E-state index is 15.3. The molecule has 530 valence electrons. The quantitative estimate of drug-likeness (QED) is 0.145. The highest BCUT2D eigenvalue weighted by atomic mass is 35.5. The predicted molar refractivity (Wildman–Crippen MR) is 349 cm³/mol. The predicted octanol–water partition coefficient (Wildman–Crippen LogP) is 6.50. The van der Waals surface area contributed by atoms with E-state index in [4.69, 9.17) is 11.6 Å². The molecule has 3 aliphatic carbocycles. The highest BCUT2D eigenvalue weighted by Gasteiger charge is 2.44. The number of carbonyl (C=O) groups is 11. The number of hydrogen-bond donors (Lipinski definition) is 4. The molecule has 22 nitrogen and oxygen atoms in total. The molecule has 4 N–H and O–H groups in total. The monoisotopic (exact) mass is 1340 g/mol. The van der Waals surface area contributed by atoms with E-state index in [-0.39, 0.29) is 86.8 Å². The molecule has 0 radical (unpaired) electrons. The fourth-order valence-electron chi connectivity index (χ4n) is 13.6. The lowest BCUT2D eigenvalue weighted by atomic mass is 9.78. The standard InChI is InChI=1S/C67H113ClF3N11O11/c1-16-42(6)59-66(93)78(11)38-57(85)76(9)39-58(86)80(13)53(36-47-25-28-49(68)29-26-47)64(91)77(10)37-55(83)73-50(30-27-46-23-20-24-48(34-46)67(69,70)71)61(88)74-51(31-40(2)3)63(90)82(15)54(35-45-21-18-17-19-22-45)65(92)81(14)52(32-41(4)5)62(89)72-43(7)33-56(84)79(12)44(8)60(87)75-59/h40-54,59H,16-39H2,1-15H3,(H,72,89)(H,73,83)(H,74,88)(H,75,87)/t42-,43+,44-,46?,47?,48?,49?,50-,51-,52-,53-,54-,59-/m0/s1. The molecule has 0 bridgehead atoms. The minimum absolute atomic E-state index is 0.0236. The molecule has 0 aromatic rings. The third-order valence-corrected chi connectivity index (χ3v) is 20.5. The van der Waals surface area contributed by atoms with E-state index in [1.165, 1.54) is 75.9 Å². The van der Waals surface area contributed by atoms with E-state index < -0.39 is 157 Å². The van der Waals surface area contributed by atoms with Gasteiger partial charge in [-0.15, -0.1) is 11.6 Å².